The van der Waals surface area contributed by atoms with Gasteiger partial charge in [0, 0.05) is 36.6 Å². The molecule has 0 aromatic carbocycles. The Morgan fingerprint density at radius 3 is 2.70 bits per heavy atom. The summed E-state index contributed by atoms with van der Waals surface area (Å²) in [6, 6.07) is 8.68. The van der Waals surface area contributed by atoms with E-state index < -0.39 is 0 Å². The van der Waals surface area contributed by atoms with Gasteiger partial charge in [-0.15, -0.1) is 0 Å². The Morgan fingerprint density at radius 2 is 2.04 bits per heavy atom. The van der Waals surface area contributed by atoms with E-state index in [1.54, 1.807) is 6.20 Å². The van der Waals surface area contributed by atoms with Crippen molar-refractivity contribution in [2.24, 2.45) is 5.92 Å². The molecule has 0 atom stereocenters. The number of nitrogens with zero attached hydrogens (tertiary/aromatic N) is 5. The number of fused-ring (bicyclic) bond motifs is 1. The van der Waals surface area contributed by atoms with Crippen molar-refractivity contribution in [2.75, 3.05) is 18.0 Å². The lowest BCUT2D eigenvalue weighted by Crippen LogP contribution is -2.33. The molecule has 0 amide bonds. The van der Waals surface area contributed by atoms with E-state index in [1.807, 2.05) is 16.9 Å². The first-order valence-corrected chi connectivity index (χ1v) is 9.81. The lowest BCUT2D eigenvalue weighted by molar-refractivity contribution is 0.436. The molecule has 1 aliphatic heterocycles. The Bertz CT molecular complexity index is 972. The Labute approximate surface area is 160 Å². The summed E-state index contributed by atoms with van der Waals surface area (Å²) in [5.74, 6) is 1.85. The largest absolute Gasteiger partial charge is 0.357 e. The molecule has 0 unspecified atom stereocenters. The Morgan fingerprint density at radius 1 is 1.22 bits per heavy atom. The van der Waals surface area contributed by atoms with Gasteiger partial charge in [0.25, 0.3) is 0 Å². The highest BCUT2D eigenvalue weighted by Gasteiger charge is 2.18. The SMILES string of the molecule is CCCc1cc(-c2ccc(N3CCC(C)CC3)nc2)c2c(C#N)cnn2c1. The fourth-order valence-electron chi connectivity index (χ4n) is 3.87. The zero-order chi connectivity index (χ0) is 18.8. The van der Waals surface area contributed by atoms with Crippen molar-refractivity contribution in [3.8, 4) is 17.2 Å². The molecule has 3 aromatic rings. The molecule has 0 radical (unpaired) electrons. The fraction of sp³-hybridized carbons (Fsp3) is 0.409. The summed E-state index contributed by atoms with van der Waals surface area (Å²) in [7, 11) is 0. The predicted molar refractivity (Wildman–Crippen MR) is 108 cm³/mol. The summed E-state index contributed by atoms with van der Waals surface area (Å²) in [5.41, 5.74) is 4.74. The molecule has 4 rings (SSSR count). The van der Waals surface area contributed by atoms with Gasteiger partial charge in [-0.05, 0) is 48.9 Å². The average molecular weight is 359 g/mol. The molecular formula is C22H25N5. The number of pyridine rings is 2. The maximum Gasteiger partial charge on any atom is 0.128 e. The first-order valence-electron chi connectivity index (χ1n) is 9.81. The third-order valence-electron chi connectivity index (χ3n) is 5.49. The third kappa shape index (κ3) is 3.40. The monoisotopic (exact) mass is 359 g/mol. The summed E-state index contributed by atoms with van der Waals surface area (Å²) in [6.45, 7) is 6.64. The van der Waals surface area contributed by atoms with Crippen LogP contribution in [0.5, 0.6) is 0 Å². The van der Waals surface area contributed by atoms with Crippen molar-refractivity contribution in [2.45, 2.75) is 39.5 Å². The molecule has 138 valence electrons. The number of hydrogen-bond donors (Lipinski definition) is 0. The van der Waals surface area contributed by atoms with Crippen LogP contribution in [0, 0.1) is 17.2 Å². The molecule has 0 N–H and O–H groups in total. The second-order valence-corrected chi connectivity index (χ2v) is 7.55. The van der Waals surface area contributed by atoms with Crippen LogP contribution in [0.4, 0.5) is 5.82 Å². The summed E-state index contributed by atoms with van der Waals surface area (Å²) in [4.78, 5) is 7.11. The van der Waals surface area contributed by atoms with Gasteiger partial charge in [-0.25, -0.2) is 9.50 Å². The summed E-state index contributed by atoms with van der Waals surface area (Å²) < 4.78 is 1.83. The molecule has 0 spiro atoms. The number of aromatic nitrogens is 3. The Hall–Kier alpha value is -2.87. The Kier molecular flexibility index (Phi) is 4.81. The standard InChI is InChI=1S/C22H25N5/c1-3-4-17-11-20(22-19(12-23)14-25-27(22)15-17)18-5-6-21(24-13-18)26-9-7-16(2)8-10-26/h5-6,11,13-16H,3-4,7-10H2,1-2H3. The molecule has 0 saturated carbocycles. The summed E-state index contributed by atoms with van der Waals surface area (Å²) in [6.07, 6.45) is 10.1. The highest BCUT2D eigenvalue weighted by molar-refractivity contribution is 5.84. The topological polar surface area (TPSA) is 57.2 Å². The van der Waals surface area contributed by atoms with Crippen LogP contribution < -0.4 is 4.90 Å². The lowest BCUT2D eigenvalue weighted by atomic mass is 9.99. The van der Waals surface area contributed by atoms with Crippen LogP contribution in [-0.2, 0) is 6.42 Å². The van der Waals surface area contributed by atoms with Gasteiger partial charge in [-0.1, -0.05) is 20.3 Å². The van der Waals surface area contributed by atoms with Gasteiger partial charge >= 0.3 is 0 Å². The number of piperidine rings is 1. The van der Waals surface area contributed by atoms with E-state index in [0.29, 0.717) is 5.56 Å². The second-order valence-electron chi connectivity index (χ2n) is 7.55. The molecule has 3 aromatic heterocycles. The third-order valence-corrected chi connectivity index (χ3v) is 5.49. The van der Waals surface area contributed by atoms with E-state index in [-0.39, 0.29) is 0 Å². The van der Waals surface area contributed by atoms with E-state index in [2.05, 4.69) is 48.1 Å². The smallest absolute Gasteiger partial charge is 0.128 e. The fourth-order valence-corrected chi connectivity index (χ4v) is 3.87. The Balaban J connectivity index is 1.73. The quantitative estimate of drug-likeness (QED) is 0.690. The molecule has 27 heavy (non-hydrogen) atoms. The van der Waals surface area contributed by atoms with Gasteiger partial charge in [0.15, 0.2) is 0 Å². The second kappa shape index (κ2) is 7.40. The lowest BCUT2D eigenvalue weighted by Gasteiger charge is -2.31. The minimum absolute atomic E-state index is 0.599. The zero-order valence-electron chi connectivity index (χ0n) is 16.0. The summed E-state index contributed by atoms with van der Waals surface area (Å²) >= 11 is 0. The van der Waals surface area contributed by atoms with Crippen LogP contribution >= 0.6 is 0 Å². The molecule has 1 fully saturated rings. The van der Waals surface area contributed by atoms with E-state index in [0.717, 1.165) is 54.3 Å². The number of hydrogen-bond acceptors (Lipinski definition) is 4. The average Bonchev–Trinajstić information content (AvgIpc) is 3.11. The summed E-state index contributed by atoms with van der Waals surface area (Å²) in [5, 5.41) is 13.9. The maximum atomic E-state index is 9.48. The number of anilines is 1. The van der Waals surface area contributed by atoms with Crippen molar-refractivity contribution in [1.82, 2.24) is 14.6 Å². The first kappa shape index (κ1) is 17.5. The molecular weight excluding hydrogens is 334 g/mol. The van der Waals surface area contributed by atoms with Gasteiger partial charge in [0.1, 0.15) is 11.9 Å². The van der Waals surface area contributed by atoms with Crippen LogP contribution in [0.2, 0.25) is 0 Å². The van der Waals surface area contributed by atoms with Gasteiger partial charge in [0.05, 0.1) is 17.3 Å². The first-order chi connectivity index (χ1) is 13.2. The molecule has 0 aliphatic carbocycles. The van der Waals surface area contributed by atoms with Crippen molar-refractivity contribution < 1.29 is 0 Å². The zero-order valence-corrected chi connectivity index (χ0v) is 16.0. The van der Waals surface area contributed by atoms with Crippen LogP contribution in [0.1, 0.15) is 44.2 Å². The molecule has 0 bridgehead atoms. The van der Waals surface area contributed by atoms with Crippen molar-refractivity contribution in [1.29, 1.82) is 5.26 Å². The molecule has 1 aliphatic rings. The van der Waals surface area contributed by atoms with Crippen LogP contribution in [-0.4, -0.2) is 27.7 Å². The minimum atomic E-state index is 0.599. The van der Waals surface area contributed by atoms with Crippen molar-refractivity contribution >= 4 is 11.3 Å². The number of rotatable bonds is 4. The van der Waals surface area contributed by atoms with E-state index >= 15 is 0 Å². The van der Waals surface area contributed by atoms with Crippen LogP contribution in [0.25, 0.3) is 16.6 Å². The molecule has 1 saturated heterocycles. The van der Waals surface area contributed by atoms with E-state index in [9.17, 15) is 5.26 Å². The van der Waals surface area contributed by atoms with Crippen molar-refractivity contribution in [3.63, 3.8) is 0 Å². The van der Waals surface area contributed by atoms with Crippen LogP contribution in [0.3, 0.4) is 0 Å². The number of nitriles is 1. The van der Waals surface area contributed by atoms with Gasteiger partial charge in [0.2, 0.25) is 0 Å². The highest BCUT2D eigenvalue weighted by Crippen LogP contribution is 2.30. The maximum absolute atomic E-state index is 9.48. The predicted octanol–water partition coefficient (Wildman–Crippen LogP) is 4.46. The van der Waals surface area contributed by atoms with E-state index in [4.69, 9.17) is 4.98 Å². The normalized spacial score (nSPS) is 15.2. The molecule has 4 heterocycles. The minimum Gasteiger partial charge on any atom is -0.357 e. The van der Waals surface area contributed by atoms with Gasteiger partial charge < -0.3 is 4.90 Å². The van der Waals surface area contributed by atoms with Gasteiger partial charge in [-0.3, -0.25) is 0 Å². The molecule has 5 heteroatoms. The highest BCUT2D eigenvalue weighted by atomic mass is 15.2. The molecule has 5 nitrogen and oxygen atoms in total. The van der Waals surface area contributed by atoms with Gasteiger partial charge in [-0.2, -0.15) is 10.4 Å². The van der Waals surface area contributed by atoms with Crippen molar-refractivity contribution in [3.05, 3.63) is 47.9 Å². The van der Waals surface area contributed by atoms with E-state index in [1.165, 1.54) is 18.4 Å². The van der Waals surface area contributed by atoms with Crippen LogP contribution in [0.15, 0.2) is 36.8 Å². The number of aryl methyl sites for hydroxylation is 1.